The van der Waals surface area contributed by atoms with Gasteiger partial charge in [0.05, 0.1) is 6.61 Å². The van der Waals surface area contributed by atoms with E-state index < -0.39 is 0 Å². The van der Waals surface area contributed by atoms with Gasteiger partial charge in [-0.05, 0) is 24.0 Å². The van der Waals surface area contributed by atoms with Crippen LogP contribution in [-0.4, -0.2) is 25.5 Å². The fourth-order valence-corrected chi connectivity index (χ4v) is 3.25. The van der Waals surface area contributed by atoms with E-state index in [1.54, 1.807) is 0 Å². The molecule has 1 aliphatic heterocycles. The summed E-state index contributed by atoms with van der Waals surface area (Å²) in [5, 5.41) is 3.58. The summed E-state index contributed by atoms with van der Waals surface area (Å²) < 4.78 is 5.62. The molecule has 0 aromatic heterocycles. The van der Waals surface area contributed by atoms with Gasteiger partial charge in [-0.3, -0.25) is 0 Å². The van der Waals surface area contributed by atoms with Crippen LogP contribution in [0, 0.1) is 5.92 Å². The first kappa shape index (κ1) is 13.9. The zero-order valence-electron chi connectivity index (χ0n) is 11.3. The van der Waals surface area contributed by atoms with Crippen molar-refractivity contribution >= 4 is 11.8 Å². The Morgan fingerprint density at radius 3 is 3.00 bits per heavy atom. The first-order valence-electron chi connectivity index (χ1n) is 6.80. The normalized spacial score (nSPS) is 18.3. The molecule has 0 radical (unpaired) electrons. The second-order valence-electron chi connectivity index (χ2n) is 5.15. The molecular weight excluding hydrogens is 242 g/mol. The van der Waals surface area contributed by atoms with Gasteiger partial charge in [0.25, 0.3) is 0 Å². The summed E-state index contributed by atoms with van der Waals surface area (Å²) in [5.74, 6) is 1.88. The van der Waals surface area contributed by atoms with E-state index in [1.807, 2.05) is 11.8 Å². The van der Waals surface area contributed by atoms with Crippen molar-refractivity contribution < 1.29 is 4.74 Å². The molecule has 0 spiro atoms. The SMILES string of the molecule is CC(C)CCOCCNC1CSc2ccccc21. The molecule has 2 rings (SSSR count). The second-order valence-corrected chi connectivity index (χ2v) is 6.21. The molecule has 1 aliphatic rings. The number of benzene rings is 1. The van der Waals surface area contributed by atoms with E-state index in [1.165, 1.54) is 10.5 Å². The third-order valence-corrected chi connectivity index (χ3v) is 4.36. The van der Waals surface area contributed by atoms with E-state index >= 15 is 0 Å². The Bertz CT molecular complexity index is 367. The molecule has 1 N–H and O–H groups in total. The molecule has 0 saturated heterocycles. The summed E-state index contributed by atoms with van der Waals surface area (Å²) in [4.78, 5) is 1.43. The van der Waals surface area contributed by atoms with Crippen LogP contribution >= 0.6 is 11.8 Å². The van der Waals surface area contributed by atoms with E-state index in [-0.39, 0.29) is 0 Å². The predicted octanol–water partition coefficient (Wildman–Crippen LogP) is 3.49. The molecule has 1 aromatic carbocycles. The van der Waals surface area contributed by atoms with E-state index in [2.05, 4.69) is 43.4 Å². The fourth-order valence-electron chi connectivity index (χ4n) is 2.06. The van der Waals surface area contributed by atoms with E-state index in [9.17, 15) is 0 Å². The largest absolute Gasteiger partial charge is 0.380 e. The predicted molar refractivity (Wildman–Crippen MR) is 78.2 cm³/mol. The first-order valence-corrected chi connectivity index (χ1v) is 7.79. The molecule has 1 unspecified atom stereocenters. The highest BCUT2D eigenvalue weighted by Gasteiger charge is 2.21. The number of rotatable bonds is 7. The molecule has 0 amide bonds. The van der Waals surface area contributed by atoms with Gasteiger partial charge in [0.15, 0.2) is 0 Å². The molecule has 1 aromatic rings. The van der Waals surface area contributed by atoms with Crippen molar-refractivity contribution in [2.24, 2.45) is 5.92 Å². The molecule has 0 bridgehead atoms. The molecule has 100 valence electrons. The maximum absolute atomic E-state index is 5.62. The lowest BCUT2D eigenvalue weighted by Gasteiger charge is -2.13. The summed E-state index contributed by atoms with van der Waals surface area (Å²) in [6, 6.07) is 9.18. The Labute approximate surface area is 114 Å². The van der Waals surface area contributed by atoms with Crippen molar-refractivity contribution in [3.8, 4) is 0 Å². The van der Waals surface area contributed by atoms with Crippen LogP contribution in [0.3, 0.4) is 0 Å². The quantitative estimate of drug-likeness (QED) is 0.763. The molecule has 2 nitrogen and oxygen atoms in total. The molecule has 1 atom stereocenters. The van der Waals surface area contributed by atoms with Gasteiger partial charge in [-0.15, -0.1) is 11.8 Å². The molecule has 0 fully saturated rings. The van der Waals surface area contributed by atoms with Crippen LogP contribution in [-0.2, 0) is 4.74 Å². The van der Waals surface area contributed by atoms with E-state index in [0.717, 1.165) is 37.9 Å². The van der Waals surface area contributed by atoms with Crippen LogP contribution < -0.4 is 5.32 Å². The van der Waals surface area contributed by atoms with Gasteiger partial charge in [0.2, 0.25) is 0 Å². The van der Waals surface area contributed by atoms with Crippen LogP contribution in [0.1, 0.15) is 31.9 Å². The van der Waals surface area contributed by atoms with Crippen LogP contribution in [0.25, 0.3) is 0 Å². The standard InChI is InChI=1S/C15H23NOS/c1-12(2)7-9-17-10-8-16-14-11-18-15-6-4-3-5-13(14)15/h3-6,12,14,16H,7-11H2,1-2H3. The van der Waals surface area contributed by atoms with Crippen LogP contribution in [0.5, 0.6) is 0 Å². The Balaban J connectivity index is 1.64. The third-order valence-electron chi connectivity index (χ3n) is 3.18. The van der Waals surface area contributed by atoms with E-state index in [0.29, 0.717) is 6.04 Å². The van der Waals surface area contributed by atoms with Gasteiger partial charge in [0.1, 0.15) is 0 Å². The summed E-state index contributed by atoms with van der Waals surface area (Å²) >= 11 is 1.94. The minimum Gasteiger partial charge on any atom is -0.380 e. The van der Waals surface area contributed by atoms with Crippen molar-refractivity contribution in [1.29, 1.82) is 0 Å². The topological polar surface area (TPSA) is 21.3 Å². The third kappa shape index (κ3) is 4.01. The van der Waals surface area contributed by atoms with Crippen molar-refractivity contribution in [2.45, 2.75) is 31.2 Å². The molecular formula is C15H23NOS. The Kier molecular flexibility index (Phi) is 5.54. The van der Waals surface area contributed by atoms with Crippen LogP contribution in [0.15, 0.2) is 29.2 Å². The first-order chi connectivity index (χ1) is 8.77. The zero-order chi connectivity index (χ0) is 12.8. The lowest BCUT2D eigenvalue weighted by atomic mass is 10.1. The minimum atomic E-state index is 0.500. The van der Waals surface area contributed by atoms with Crippen molar-refractivity contribution in [3.63, 3.8) is 0 Å². The Morgan fingerprint density at radius 2 is 2.17 bits per heavy atom. The highest BCUT2D eigenvalue weighted by molar-refractivity contribution is 7.99. The number of ether oxygens (including phenoxy) is 1. The fraction of sp³-hybridized carbons (Fsp3) is 0.600. The number of hydrogen-bond acceptors (Lipinski definition) is 3. The van der Waals surface area contributed by atoms with Crippen LogP contribution in [0.2, 0.25) is 0 Å². The highest BCUT2D eigenvalue weighted by Crippen LogP contribution is 2.37. The summed E-state index contributed by atoms with van der Waals surface area (Å²) in [6.45, 7) is 7.10. The molecule has 18 heavy (non-hydrogen) atoms. The summed E-state index contributed by atoms with van der Waals surface area (Å²) in [6.07, 6.45) is 1.15. The maximum atomic E-state index is 5.62. The number of fused-ring (bicyclic) bond motifs is 1. The Morgan fingerprint density at radius 1 is 1.33 bits per heavy atom. The molecule has 3 heteroatoms. The lowest BCUT2D eigenvalue weighted by molar-refractivity contribution is 0.124. The number of hydrogen-bond donors (Lipinski definition) is 1. The monoisotopic (exact) mass is 265 g/mol. The average molecular weight is 265 g/mol. The van der Waals surface area contributed by atoms with Crippen molar-refractivity contribution in [1.82, 2.24) is 5.32 Å². The molecule has 0 saturated carbocycles. The van der Waals surface area contributed by atoms with Gasteiger partial charge in [-0.2, -0.15) is 0 Å². The molecule has 0 aliphatic carbocycles. The number of thioether (sulfide) groups is 1. The minimum absolute atomic E-state index is 0.500. The smallest absolute Gasteiger partial charge is 0.0591 e. The lowest BCUT2D eigenvalue weighted by Crippen LogP contribution is -2.25. The van der Waals surface area contributed by atoms with Crippen molar-refractivity contribution in [2.75, 3.05) is 25.5 Å². The maximum Gasteiger partial charge on any atom is 0.0591 e. The van der Waals surface area contributed by atoms with Gasteiger partial charge >= 0.3 is 0 Å². The number of nitrogens with one attached hydrogen (secondary N) is 1. The van der Waals surface area contributed by atoms with E-state index in [4.69, 9.17) is 4.74 Å². The zero-order valence-corrected chi connectivity index (χ0v) is 12.1. The summed E-state index contributed by atoms with van der Waals surface area (Å²) in [5.41, 5.74) is 1.45. The average Bonchev–Trinajstić information content (AvgIpc) is 2.77. The van der Waals surface area contributed by atoms with Gasteiger partial charge < -0.3 is 10.1 Å². The van der Waals surface area contributed by atoms with Crippen molar-refractivity contribution in [3.05, 3.63) is 29.8 Å². The van der Waals surface area contributed by atoms with Gasteiger partial charge in [-0.1, -0.05) is 32.0 Å². The highest BCUT2D eigenvalue weighted by atomic mass is 32.2. The van der Waals surface area contributed by atoms with Gasteiger partial charge in [0, 0.05) is 29.8 Å². The van der Waals surface area contributed by atoms with Gasteiger partial charge in [-0.25, -0.2) is 0 Å². The summed E-state index contributed by atoms with van der Waals surface area (Å²) in [7, 11) is 0. The second kappa shape index (κ2) is 7.17. The Hall–Kier alpha value is -0.510. The molecule has 1 heterocycles. The van der Waals surface area contributed by atoms with Crippen LogP contribution in [0.4, 0.5) is 0 Å².